The van der Waals surface area contributed by atoms with E-state index < -0.39 is 11.7 Å². The molecular formula is C23H25Cl2FN2O2S. The summed E-state index contributed by atoms with van der Waals surface area (Å²) in [6.45, 7) is 5.17. The number of hydrogen-bond acceptors (Lipinski definition) is 4. The Kier molecular flexibility index (Phi) is 6.73. The Balaban J connectivity index is 1.39. The monoisotopic (exact) mass is 482 g/mol. The molecule has 0 spiro atoms. The largest absolute Gasteiger partial charge is 0.493 e. The van der Waals surface area contributed by atoms with Crippen molar-refractivity contribution >= 4 is 41.1 Å². The second-order valence-corrected chi connectivity index (χ2v) is 10.3. The van der Waals surface area contributed by atoms with E-state index in [1.807, 2.05) is 12.1 Å². The highest BCUT2D eigenvalue weighted by Crippen LogP contribution is 2.45. The number of amides is 1. The van der Waals surface area contributed by atoms with Gasteiger partial charge in [-0.3, -0.25) is 14.4 Å². The summed E-state index contributed by atoms with van der Waals surface area (Å²) in [5.41, 5.74) is 2.07. The molecule has 2 fully saturated rings. The fraction of sp³-hybridized carbons (Fsp3) is 0.435. The Bertz CT molecular complexity index is 974. The third-order valence-corrected chi connectivity index (χ3v) is 6.50. The molecule has 1 N–H and O–H groups in total. The number of benzene rings is 2. The van der Waals surface area contributed by atoms with Gasteiger partial charge < -0.3 is 4.74 Å². The molecule has 0 unspecified atom stereocenters. The van der Waals surface area contributed by atoms with Gasteiger partial charge >= 0.3 is 0 Å². The molecular weight excluding hydrogens is 458 g/mol. The number of likely N-dealkylation sites (tertiary alicyclic amines) is 1. The summed E-state index contributed by atoms with van der Waals surface area (Å²) in [6, 6.07) is 8.62. The number of hydrogen-bond donors (Lipinski definition) is 1. The number of nitrogens with one attached hydrogen (secondary N) is 1. The van der Waals surface area contributed by atoms with Gasteiger partial charge in [0, 0.05) is 47.4 Å². The zero-order valence-corrected chi connectivity index (χ0v) is 19.8. The van der Waals surface area contributed by atoms with Gasteiger partial charge in [-0.1, -0.05) is 42.1 Å². The molecule has 2 aromatic rings. The third-order valence-electron chi connectivity index (χ3n) is 5.67. The van der Waals surface area contributed by atoms with Gasteiger partial charge in [0.05, 0.1) is 12.2 Å². The summed E-state index contributed by atoms with van der Waals surface area (Å²) < 4.78 is 23.3. The van der Waals surface area contributed by atoms with Crippen molar-refractivity contribution in [1.29, 1.82) is 0 Å². The van der Waals surface area contributed by atoms with Crippen LogP contribution < -0.4 is 9.46 Å². The molecule has 1 amide bonds. The number of rotatable bonds is 8. The van der Waals surface area contributed by atoms with E-state index in [4.69, 9.17) is 27.9 Å². The van der Waals surface area contributed by atoms with Crippen LogP contribution in [0, 0.1) is 11.2 Å². The van der Waals surface area contributed by atoms with Crippen LogP contribution in [0.4, 0.5) is 4.39 Å². The van der Waals surface area contributed by atoms with E-state index in [0.29, 0.717) is 28.3 Å². The minimum Gasteiger partial charge on any atom is -0.493 e. The van der Waals surface area contributed by atoms with Crippen molar-refractivity contribution < 1.29 is 13.9 Å². The number of ether oxygens (including phenoxy) is 1. The van der Waals surface area contributed by atoms with Crippen LogP contribution in [0.3, 0.4) is 0 Å². The van der Waals surface area contributed by atoms with Crippen LogP contribution in [-0.2, 0) is 6.54 Å². The van der Waals surface area contributed by atoms with Crippen molar-refractivity contribution in [3.8, 4) is 5.75 Å². The number of halogens is 3. The maximum absolute atomic E-state index is 14.6. The van der Waals surface area contributed by atoms with Crippen LogP contribution in [0.25, 0.3) is 0 Å². The Morgan fingerprint density at radius 1 is 1.23 bits per heavy atom. The molecule has 4 rings (SSSR count). The van der Waals surface area contributed by atoms with Crippen LogP contribution in [0.2, 0.25) is 10.0 Å². The maximum atomic E-state index is 14.6. The van der Waals surface area contributed by atoms with E-state index in [1.165, 1.54) is 6.07 Å². The van der Waals surface area contributed by atoms with Crippen molar-refractivity contribution in [2.24, 2.45) is 5.41 Å². The molecule has 166 valence electrons. The molecule has 0 atom stereocenters. The van der Waals surface area contributed by atoms with Crippen molar-refractivity contribution in [3.05, 3.63) is 62.9 Å². The summed E-state index contributed by atoms with van der Waals surface area (Å²) >= 11 is 13.3. The van der Waals surface area contributed by atoms with E-state index in [2.05, 4.69) is 16.5 Å². The van der Waals surface area contributed by atoms with Gasteiger partial charge in [0.2, 0.25) is 0 Å². The smallest absolute Gasteiger partial charge is 0.264 e. The standard InChI is InChI=1S/C23H25Cl2FN2O2S/c1-23(11-28(12-23)10-14-5-16(24)7-17(25)6-14)13-30-21-9-20(26)19(22(29)27-31-2)8-18(21)15-3-4-15/h5-9,15H,3-4,10-13H2,1-2H3,(H,27,29). The maximum Gasteiger partial charge on any atom is 0.264 e. The average molecular weight is 483 g/mol. The van der Waals surface area contributed by atoms with E-state index >= 15 is 0 Å². The molecule has 0 bridgehead atoms. The lowest BCUT2D eigenvalue weighted by Gasteiger charge is -2.48. The predicted octanol–water partition coefficient (Wildman–Crippen LogP) is 5.92. The van der Waals surface area contributed by atoms with Crippen LogP contribution >= 0.6 is 35.1 Å². The first-order chi connectivity index (χ1) is 14.8. The molecule has 1 aliphatic heterocycles. The molecule has 1 saturated carbocycles. The van der Waals surface area contributed by atoms with Gasteiger partial charge in [0.1, 0.15) is 11.6 Å². The molecule has 2 aliphatic rings. The van der Waals surface area contributed by atoms with Crippen molar-refractivity contribution in [2.45, 2.75) is 32.2 Å². The van der Waals surface area contributed by atoms with E-state index in [1.54, 1.807) is 18.4 Å². The molecule has 0 aromatic heterocycles. The molecule has 0 radical (unpaired) electrons. The number of carbonyl (C=O) groups excluding carboxylic acids is 1. The lowest BCUT2D eigenvalue weighted by atomic mass is 9.82. The second kappa shape index (κ2) is 9.18. The molecule has 1 heterocycles. The Morgan fingerprint density at radius 2 is 1.90 bits per heavy atom. The van der Waals surface area contributed by atoms with Crippen molar-refractivity contribution in [3.63, 3.8) is 0 Å². The zero-order chi connectivity index (χ0) is 22.2. The zero-order valence-electron chi connectivity index (χ0n) is 17.5. The Morgan fingerprint density at radius 3 is 2.52 bits per heavy atom. The Labute approximate surface area is 196 Å². The first kappa shape index (κ1) is 22.7. The fourth-order valence-electron chi connectivity index (χ4n) is 4.18. The minimum absolute atomic E-state index is 0.0193. The number of carbonyl (C=O) groups is 1. The average Bonchev–Trinajstić information content (AvgIpc) is 3.49. The van der Waals surface area contributed by atoms with E-state index in [-0.39, 0.29) is 11.0 Å². The summed E-state index contributed by atoms with van der Waals surface area (Å²) in [5.74, 6) is -0.0676. The van der Waals surface area contributed by atoms with Crippen molar-refractivity contribution in [2.75, 3.05) is 26.0 Å². The minimum atomic E-state index is -0.552. The van der Waals surface area contributed by atoms with Gasteiger partial charge in [0.15, 0.2) is 0 Å². The molecule has 31 heavy (non-hydrogen) atoms. The SMILES string of the molecule is CSNC(=O)c1cc(C2CC2)c(OCC2(C)CN(Cc3cc(Cl)cc(Cl)c3)C2)cc1F. The van der Waals surface area contributed by atoms with Gasteiger partial charge in [-0.2, -0.15) is 0 Å². The molecule has 4 nitrogen and oxygen atoms in total. The topological polar surface area (TPSA) is 41.6 Å². The third kappa shape index (κ3) is 5.48. The number of nitrogens with zero attached hydrogens (tertiary/aromatic N) is 1. The highest BCUT2D eigenvalue weighted by Gasteiger charge is 2.40. The van der Waals surface area contributed by atoms with Crippen LogP contribution in [-0.4, -0.2) is 36.8 Å². The molecule has 2 aromatic carbocycles. The van der Waals surface area contributed by atoms with Crippen molar-refractivity contribution in [1.82, 2.24) is 9.62 Å². The molecule has 8 heteroatoms. The van der Waals surface area contributed by atoms with Gasteiger partial charge in [-0.15, -0.1) is 0 Å². The van der Waals surface area contributed by atoms with Gasteiger partial charge in [-0.05, 0) is 54.2 Å². The predicted molar refractivity (Wildman–Crippen MR) is 125 cm³/mol. The first-order valence-electron chi connectivity index (χ1n) is 10.2. The second-order valence-electron chi connectivity index (χ2n) is 8.80. The van der Waals surface area contributed by atoms with E-state index in [9.17, 15) is 9.18 Å². The summed E-state index contributed by atoms with van der Waals surface area (Å²) in [7, 11) is 0. The Hall–Kier alpha value is -1.47. The summed E-state index contributed by atoms with van der Waals surface area (Å²) in [6.07, 6.45) is 3.82. The summed E-state index contributed by atoms with van der Waals surface area (Å²) in [4.78, 5) is 14.4. The first-order valence-corrected chi connectivity index (χ1v) is 12.2. The molecule has 1 aliphatic carbocycles. The van der Waals surface area contributed by atoms with Crippen LogP contribution in [0.5, 0.6) is 5.75 Å². The highest BCUT2D eigenvalue weighted by atomic mass is 35.5. The van der Waals surface area contributed by atoms with E-state index in [0.717, 1.165) is 55.6 Å². The normalized spacial score (nSPS) is 17.8. The lowest BCUT2D eigenvalue weighted by molar-refractivity contribution is -0.0247. The molecule has 1 saturated heterocycles. The summed E-state index contributed by atoms with van der Waals surface area (Å²) in [5, 5.41) is 1.27. The lowest BCUT2D eigenvalue weighted by Crippen LogP contribution is -2.56. The van der Waals surface area contributed by atoms with Gasteiger partial charge in [-0.25, -0.2) is 4.39 Å². The van der Waals surface area contributed by atoms with Crippen LogP contribution in [0.1, 0.15) is 47.2 Å². The quantitative estimate of drug-likeness (QED) is 0.474. The van der Waals surface area contributed by atoms with Crippen LogP contribution in [0.15, 0.2) is 30.3 Å². The van der Waals surface area contributed by atoms with Gasteiger partial charge in [0.25, 0.3) is 5.91 Å². The highest BCUT2D eigenvalue weighted by molar-refractivity contribution is 7.97. The fourth-order valence-corrected chi connectivity index (χ4v) is 5.05.